The Labute approximate surface area is 201 Å². The maximum atomic E-state index is 4.03. The molecule has 0 saturated heterocycles. The Morgan fingerprint density at radius 2 is 1.34 bits per heavy atom. The Balaban J connectivity index is 1.77. The smallest absolute Gasteiger partial charge is 0.0412 e. The van der Waals surface area contributed by atoms with Crippen molar-refractivity contribution >= 4 is 5.69 Å². The summed E-state index contributed by atoms with van der Waals surface area (Å²) >= 11 is 0. The van der Waals surface area contributed by atoms with Crippen LogP contribution in [-0.2, 0) is 12.8 Å². The summed E-state index contributed by atoms with van der Waals surface area (Å²) in [6.45, 7) is 21.4. The van der Waals surface area contributed by atoms with Crippen molar-refractivity contribution in [1.29, 1.82) is 0 Å². The summed E-state index contributed by atoms with van der Waals surface area (Å²) in [5.74, 6) is 2.65. The molecule has 1 aliphatic rings. The monoisotopic (exact) mass is 441 g/mol. The van der Waals surface area contributed by atoms with Gasteiger partial charge in [0, 0.05) is 11.2 Å². The van der Waals surface area contributed by atoms with Crippen LogP contribution in [0.2, 0.25) is 0 Å². The molecule has 0 aromatic heterocycles. The van der Waals surface area contributed by atoms with Crippen LogP contribution in [0.5, 0.6) is 0 Å². The van der Waals surface area contributed by atoms with Crippen LogP contribution in [0.1, 0.15) is 134 Å². The van der Waals surface area contributed by atoms with Gasteiger partial charge in [-0.05, 0) is 98.9 Å². The molecule has 1 heteroatoms. The van der Waals surface area contributed by atoms with E-state index in [1.165, 1.54) is 87.4 Å². The first kappa shape index (κ1) is 27.3. The highest BCUT2D eigenvalue weighted by molar-refractivity contribution is 5.67. The number of anilines is 1. The van der Waals surface area contributed by atoms with Crippen molar-refractivity contribution in [1.82, 2.24) is 0 Å². The van der Waals surface area contributed by atoms with Crippen LogP contribution in [0.4, 0.5) is 5.69 Å². The molecule has 184 valence electrons. The Bertz CT molecular complexity index is 716. The fraction of sp³-hybridized carbons (Fsp3) is 0.806. The molecule has 3 atom stereocenters. The molecule has 0 radical (unpaired) electrons. The lowest BCUT2D eigenvalue weighted by Gasteiger charge is -2.40. The van der Waals surface area contributed by atoms with Gasteiger partial charge >= 0.3 is 0 Å². The molecule has 1 aromatic rings. The molecule has 1 heterocycles. The zero-order valence-corrected chi connectivity index (χ0v) is 23.2. The molecule has 0 fully saturated rings. The van der Waals surface area contributed by atoms with Gasteiger partial charge < -0.3 is 5.32 Å². The van der Waals surface area contributed by atoms with Gasteiger partial charge in [0.25, 0.3) is 0 Å². The molecule has 1 nitrogen and oxygen atoms in total. The van der Waals surface area contributed by atoms with E-state index in [1.54, 1.807) is 16.7 Å². The molecule has 0 saturated carbocycles. The molecule has 32 heavy (non-hydrogen) atoms. The topological polar surface area (TPSA) is 12.0 Å². The van der Waals surface area contributed by atoms with Crippen molar-refractivity contribution in [3.05, 3.63) is 27.8 Å². The lowest BCUT2D eigenvalue weighted by atomic mass is 9.79. The fourth-order valence-corrected chi connectivity index (χ4v) is 6.07. The first-order valence-electron chi connectivity index (χ1n) is 14.0. The van der Waals surface area contributed by atoms with E-state index < -0.39 is 0 Å². The molecule has 0 amide bonds. The van der Waals surface area contributed by atoms with Gasteiger partial charge in [0.15, 0.2) is 0 Å². The summed E-state index contributed by atoms with van der Waals surface area (Å²) in [6.07, 6.45) is 16.2. The summed E-state index contributed by atoms with van der Waals surface area (Å²) in [5.41, 5.74) is 9.44. The van der Waals surface area contributed by atoms with Gasteiger partial charge in [-0.2, -0.15) is 0 Å². The minimum atomic E-state index is 0.259. The SMILES string of the molecule is CCc1c(C)c(C)c2c(c1C)CCC(C)(CCCC(C)CCCC(C)CCCC(C)C)N2. The van der Waals surface area contributed by atoms with E-state index in [0.29, 0.717) is 0 Å². The van der Waals surface area contributed by atoms with Crippen LogP contribution < -0.4 is 5.32 Å². The lowest BCUT2D eigenvalue weighted by molar-refractivity contribution is 0.359. The summed E-state index contributed by atoms with van der Waals surface area (Å²) in [4.78, 5) is 0. The summed E-state index contributed by atoms with van der Waals surface area (Å²) < 4.78 is 0. The van der Waals surface area contributed by atoms with E-state index in [1.807, 2.05) is 0 Å². The Morgan fingerprint density at radius 3 is 1.91 bits per heavy atom. The maximum absolute atomic E-state index is 4.03. The number of rotatable bonds is 13. The average molecular weight is 442 g/mol. The third-order valence-electron chi connectivity index (χ3n) is 8.60. The lowest BCUT2D eigenvalue weighted by Crippen LogP contribution is -2.39. The molecule has 2 rings (SSSR count). The minimum Gasteiger partial charge on any atom is -0.379 e. The van der Waals surface area contributed by atoms with Gasteiger partial charge in [0.2, 0.25) is 0 Å². The van der Waals surface area contributed by atoms with Crippen molar-refractivity contribution in [2.75, 3.05) is 5.32 Å². The Morgan fingerprint density at radius 1 is 0.781 bits per heavy atom. The van der Waals surface area contributed by atoms with Gasteiger partial charge in [-0.1, -0.05) is 86.0 Å². The van der Waals surface area contributed by atoms with Crippen molar-refractivity contribution < 1.29 is 0 Å². The van der Waals surface area contributed by atoms with Crippen LogP contribution in [0.3, 0.4) is 0 Å². The minimum absolute atomic E-state index is 0.259. The number of hydrogen-bond donors (Lipinski definition) is 1. The van der Waals surface area contributed by atoms with E-state index in [4.69, 9.17) is 0 Å². The van der Waals surface area contributed by atoms with Crippen LogP contribution in [0.25, 0.3) is 0 Å². The second-order valence-electron chi connectivity index (χ2n) is 12.1. The molecular formula is C31H55N. The predicted octanol–water partition coefficient (Wildman–Crippen LogP) is 9.73. The fourth-order valence-electron chi connectivity index (χ4n) is 6.07. The number of nitrogens with one attached hydrogen (secondary N) is 1. The molecule has 1 aliphatic heterocycles. The highest BCUT2D eigenvalue weighted by atomic mass is 15.0. The van der Waals surface area contributed by atoms with Crippen molar-refractivity contribution in [3.8, 4) is 0 Å². The number of fused-ring (bicyclic) bond motifs is 1. The molecule has 1 N–H and O–H groups in total. The van der Waals surface area contributed by atoms with Crippen LogP contribution in [-0.4, -0.2) is 5.54 Å². The number of benzene rings is 1. The van der Waals surface area contributed by atoms with Gasteiger partial charge in [-0.25, -0.2) is 0 Å². The van der Waals surface area contributed by atoms with E-state index >= 15 is 0 Å². The second-order valence-corrected chi connectivity index (χ2v) is 12.1. The van der Waals surface area contributed by atoms with Gasteiger partial charge in [0.05, 0.1) is 0 Å². The molecule has 3 unspecified atom stereocenters. The highest BCUT2D eigenvalue weighted by Crippen LogP contribution is 2.40. The third-order valence-corrected chi connectivity index (χ3v) is 8.60. The van der Waals surface area contributed by atoms with E-state index in [0.717, 1.165) is 24.2 Å². The summed E-state index contributed by atoms with van der Waals surface area (Å²) in [5, 5.41) is 4.03. The van der Waals surface area contributed by atoms with Gasteiger partial charge in [-0.3, -0.25) is 0 Å². The predicted molar refractivity (Wildman–Crippen MR) is 145 cm³/mol. The van der Waals surface area contributed by atoms with Crippen LogP contribution >= 0.6 is 0 Å². The van der Waals surface area contributed by atoms with E-state index in [9.17, 15) is 0 Å². The molecule has 0 aliphatic carbocycles. The Kier molecular flexibility index (Phi) is 10.6. The molecular weight excluding hydrogens is 386 g/mol. The molecule has 0 spiro atoms. The summed E-state index contributed by atoms with van der Waals surface area (Å²) in [6, 6.07) is 0. The normalized spacial score (nSPS) is 20.2. The first-order chi connectivity index (χ1) is 15.1. The molecule has 1 aromatic carbocycles. The summed E-state index contributed by atoms with van der Waals surface area (Å²) in [7, 11) is 0. The average Bonchev–Trinajstić information content (AvgIpc) is 2.72. The highest BCUT2D eigenvalue weighted by Gasteiger charge is 2.31. The zero-order valence-electron chi connectivity index (χ0n) is 23.2. The second kappa shape index (κ2) is 12.5. The van der Waals surface area contributed by atoms with E-state index in [-0.39, 0.29) is 5.54 Å². The molecule has 0 bridgehead atoms. The van der Waals surface area contributed by atoms with Crippen LogP contribution in [0, 0.1) is 38.5 Å². The van der Waals surface area contributed by atoms with Gasteiger partial charge in [-0.15, -0.1) is 0 Å². The maximum Gasteiger partial charge on any atom is 0.0412 e. The zero-order chi connectivity index (χ0) is 23.9. The first-order valence-corrected chi connectivity index (χ1v) is 14.0. The Hall–Kier alpha value is -0.980. The van der Waals surface area contributed by atoms with E-state index in [2.05, 4.69) is 67.6 Å². The van der Waals surface area contributed by atoms with Crippen LogP contribution in [0.15, 0.2) is 0 Å². The quantitative estimate of drug-likeness (QED) is 0.321. The van der Waals surface area contributed by atoms with Crippen molar-refractivity contribution in [2.24, 2.45) is 17.8 Å². The number of hydrogen-bond acceptors (Lipinski definition) is 1. The largest absolute Gasteiger partial charge is 0.379 e. The van der Waals surface area contributed by atoms with Crippen molar-refractivity contribution in [3.63, 3.8) is 0 Å². The van der Waals surface area contributed by atoms with Crippen molar-refractivity contribution in [2.45, 2.75) is 145 Å². The van der Waals surface area contributed by atoms with Gasteiger partial charge in [0.1, 0.15) is 0 Å². The standard InChI is InChI=1S/C31H55N/c1-10-28-25(6)26(7)30-29(27(28)8)19-21-31(9,32-30)20-13-18-24(5)17-12-16-23(4)15-11-14-22(2)3/h22-24,32H,10-21H2,1-9H3. The third kappa shape index (κ3) is 7.53.